The molecule has 2 aliphatic heterocycles. The molecule has 0 saturated carbocycles. The van der Waals surface area contributed by atoms with Crippen molar-refractivity contribution in [3.63, 3.8) is 0 Å². The molecule has 1 unspecified atom stereocenters. The number of ether oxygens (including phenoxy) is 2. The average Bonchev–Trinajstić information content (AvgIpc) is 3.17. The first kappa shape index (κ1) is 24.4. The summed E-state index contributed by atoms with van der Waals surface area (Å²) in [6.45, 7) is 2.40. The number of carboxylic acids is 1. The highest BCUT2D eigenvalue weighted by Crippen LogP contribution is 2.40. The molecule has 1 N–H and O–H groups in total. The smallest absolute Gasteiger partial charge is 0.477 e. The van der Waals surface area contributed by atoms with Crippen molar-refractivity contribution in [3.05, 3.63) is 60.0 Å². The van der Waals surface area contributed by atoms with Crippen LogP contribution in [0.2, 0.25) is 0 Å². The summed E-state index contributed by atoms with van der Waals surface area (Å²) < 4.78 is 56.5. The van der Waals surface area contributed by atoms with Gasteiger partial charge < -0.3 is 19.5 Å². The highest BCUT2D eigenvalue weighted by Gasteiger charge is 2.54. The van der Waals surface area contributed by atoms with E-state index in [-0.39, 0.29) is 29.7 Å². The van der Waals surface area contributed by atoms with Gasteiger partial charge >= 0.3 is 12.1 Å². The van der Waals surface area contributed by atoms with Crippen LogP contribution in [0.3, 0.4) is 0 Å². The number of alkyl halides is 3. The van der Waals surface area contributed by atoms with Crippen LogP contribution in [0, 0.1) is 11.7 Å². The molecule has 33 heavy (non-hydrogen) atoms. The van der Waals surface area contributed by atoms with Crippen LogP contribution in [0.5, 0.6) is 5.88 Å². The van der Waals surface area contributed by atoms with Crippen molar-refractivity contribution in [2.75, 3.05) is 26.3 Å². The molecule has 2 saturated heterocycles. The van der Waals surface area contributed by atoms with Crippen LogP contribution < -0.4 is 4.74 Å². The number of amides is 1. The van der Waals surface area contributed by atoms with E-state index in [1.807, 2.05) is 23.1 Å². The summed E-state index contributed by atoms with van der Waals surface area (Å²) in [5.41, 5.74) is 0.521. The molecule has 3 heterocycles. The molecule has 178 valence electrons. The van der Waals surface area contributed by atoms with E-state index in [4.69, 9.17) is 19.4 Å². The molecule has 0 bridgehead atoms. The summed E-state index contributed by atoms with van der Waals surface area (Å²) in [7, 11) is 0. The van der Waals surface area contributed by atoms with E-state index in [1.54, 1.807) is 18.3 Å². The zero-order valence-electron chi connectivity index (χ0n) is 17.4. The number of carbonyl (C=O) groups is 2. The number of hydrogen-bond donors (Lipinski definition) is 1. The molecule has 2 fully saturated rings. The number of aromatic nitrogens is 1. The first-order valence-electron chi connectivity index (χ1n) is 10.1. The lowest BCUT2D eigenvalue weighted by atomic mass is 9.81. The first-order chi connectivity index (χ1) is 15.6. The number of carboxylic acid groups (broad SMARTS) is 1. The number of aliphatic carboxylic acids is 1. The van der Waals surface area contributed by atoms with Gasteiger partial charge in [0.2, 0.25) is 11.8 Å². The number of halogens is 4. The molecule has 1 atom stereocenters. The lowest BCUT2D eigenvalue weighted by Crippen LogP contribution is -2.67. The fraction of sp³-hybridized carbons (Fsp3) is 0.409. The molecule has 2 aliphatic rings. The number of nitrogens with zero attached hydrogens (tertiary/aromatic N) is 2. The Balaban J connectivity index is 0.000000383. The highest BCUT2D eigenvalue weighted by atomic mass is 19.4. The Hall–Kier alpha value is -3.21. The van der Waals surface area contributed by atoms with Crippen molar-refractivity contribution >= 4 is 11.9 Å². The maximum absolute atomic E-state index is 13.0. The molecule has 11 heteroatoms. The summed E-state index contributed by atoms with van der Waals surface area (Å²) in [4.78, 5) is 27.3. The fourth-order valence-electron chi connectivity index (χ4n) is 3.65. The Morgan fingerprint density at radius 1 is 1.18 bits per heavy atom. The van der Waals surface area contributed by atoms with Crippen molar-refractivity contribution in [2.45, 2.75) is 24.6 Å². The van der Waals surface area contributed by atoms with Gasteiger partial charge in [0.05, 0.1) is 26.1 Å². The van der Waals surface area contributed by atoms with Crippen LogP contribution in [0.25, 0.3) is 0 Å². The third-order valence-electron chi connectivity index (χ3n) is 5.45. The Labute approximate surface area is 186 Å². The van der Waals surface area contributed by atoms with Crippen molar-refractivity contribution in [2.24, 2.45) is 5.92 Å². The van der Waals surface area contributed by atoms with Gasteiger partial charge in [0.1, 0.15) is 11.4 Å². The second-order valence-electron chi connectivity index (χ2n) is 7.73. The van der Waals surface area contributed by atoms with Crippen LogP contribution in [0.4, 0.5) is 17.6 Å². The minimum atomic E-state index is -5.08. The molecule has 1 spiro atoms. The molecule has 0 aliphatic carbocycles. The molecule has 7 nitrogen and oxygen atoms in total. The Kier molecular flexibility index (Phi) is 7.52. The van der Waals surface area contributed by atoms with Gasteiger partial charge in [0.25, 0.3) is 0 Å². The first-order valence-corrected chi connectivity index (χ1v) is 10.1. The average molecular weight is 470 g/mol. The number of pyridine rings is 1. The number of benzene rings is 1. The predicted molar refractivity (Wildman–Crippen MR) is 107 cm³/mol. The van der Waals surface area contributed by atoms with E-state index in [0.29, 0.717) is 32.2 Å². The van der Waals surface area contributed by atoms with Crippen LogP contribution in [-0.2, 0) is 20.7 Å². The molecular formula is C22H22F4N2O5. The number of rotatable bonds is 5. The van der Waals surface area contributed by atoms with Gasteiger partial charge in [0.15, 0.2) is 0 Å². The Bertz CT molecular complexity index is 948. The third-order valence-corrected chi connectivity index (χ3v) is 5.45. The van der Waals surface area contributed by atoms with Gasteiger partial charge in [-0.2, -0.15) is 13.2 Å². The maximum atomic E-state index is 13.0. The maximum Gasteiger partial charge on any atom is 0.490 e. The molecule has 1 aromatic heterocycles. The topological polar surface area (TPSA) is 89.0 Å². The van der Waals surface area contributed by atoms with E-state index in [2.05, 4.69) is 4.98 Å². The minimum absolute atomic E-state index is 0.0436. The van der Waals surface area contributed by atoms with Crippen molar-refractivity contribution in [1.29, 1.82) is 0 Å². The number of carbonyl (C=O) groups excluding carboxylic acids is 1. The van der Waals surface area contributed by atoms with Gasteiger partial charge in [-0.05, 0) is 30.2 Å². The Morgan fingerprint density at radius 3 is 2.42 bits per heavy atom. The normalized spacial score (nSPS) is 18.8. The zero-order valence-corrected chi connectivity index (χ0v) is 17.4. The fourth-order valence-corrected chi connectivity index (χ4v) is 3.65. The van der Waals surface area contributed by atoms with E-state index in [9.17, 15) is 22.4 Å². The lowest BCUT2D eigenvalue weighted by molar-refractivity contribution is -0.192. The SMILES string of the molecule is O=C(Cc1ccc(F)cc1)N1CC2(C1)OCCC2COc1ccccn1.O=C(O)C(F)(F)F. The van der Waals surface area contributed by atoms with Crippen molar-refractivity contribution in [1.82, 2.24) is 9.88 Å². The standard InChI is InChI=1S/C20H21FN2O3.C2HF3O2/c21-17-6-4-15(5-7-17)11-19(24)23-13-20(14-23)16(8-10-26-20)12-25-18-3-1-2-9-22-18;3-2(4,5)1(6)7/h1-7,9,16H,8,10-14H2;(H,6,7). The van der Waals surface area contributed by atoms with Crippen molar-refractivity contribution in [3.8, 4) is 5.88 Å². The second kappa shape index (κ2) is 10.2. The summed E-state index contributed by atoms with van der Waals surface area (Å²) in [5, 5.41) is 7.12. The van der Waals surface area contributed by atoms with Crippen LogP contribution in [-0.4, -0.2) is 64.9 Å². The van der Waals surface area contributed by atoms with Gasteiger partial charge in [0, 0.05) is 24.8 Å². The van der Waals surface area contributed by atoms with Gasteiger partial charge in [-0.25, -0.2) is 14.2 Å². The Morgan fingerprint density at radius 2 is 1.85 bits per heavy atom. The zero-order chi connectivity index (χ0) is 24.1. The highest BCUT2D eigenvalue weighted by molar-refractivity contribution is 5.80. The van der Waals surface area contributed by atoms with E-state index in [0.717, 1.165) is 12.0 Å². The van der Waals surface area contributed by atoms with E-state index in [1.165, 1.54) is 12.1 Å². The molecule has 0 radical (unpaired) electrons. The van der Waals surface area contributed by atoms with Gasteiger partial charge in [-0.15, -0.1) is 0 Å². The van der Waals surface area contributed by atoms with Crippen LogP contribution in [0.1, 0.15) is 12.0 Å². The lowest BCUT2D eigenvalue weighted by Gasteiger charge is -2.50. The predicted octanol–water partition coefficient (Wildman–Crippen LogP) is 3.09. The number of hydrogen-bond acceptors (Lipinski definition) is 5. The molecule has 1 aromatic carbocycles. The third kappa shape index (κ3) is 6.41. The molecular weight excluding hydrogens is 448 g/mol. The van der Waals surface area contributed by atoms with Gasteiger partial charge in [-0.1, -0.05) is 18.2 Å². The molecule has 4 rings (SSSR count). The number of likely N-dealkylation sites (tertiary alicyclic amines) is 1. The van der Waals surface area contributed by atoms with E-state index >= 15 is 0 Å². The van der Waals surface area contributed by atoms with Crippen LogP contribution in [0.15, 0.2) is 48.7 Å². The summed E-state index contributed by atoms with van der Waals surface area (Å²) in [6.07, 6.45) is -2.17. The largest absolute Gasteiger partial charge is 0.490 e. The van der Waals surface area contributed by atoms with E-state index < -0.39 is 12.1 Å². The second-order valence-corrected chi connectivity index (χ2v) is 7.73. The molecule has 2 aromatic rings. The van der Waals surface area contributed by atoms with Gasteiger partial charge in [-0.3, -0.25) is 4.79 Å². The monoisotopic (exact) mass is 470 g/mol. The summed E-state index contributed by atoms with van der Waals surface area (Å²) in [6, 6.07) is 11.6. The quantitative estimate of drug-likeness (QED) is 0.676. The van der Waals surface area contributed by atoms with Crippen molar-refractivity contribution < 1.29 is 41.7 Å². The summed E-state index contributed by atoms with van der Waals surface area (Å²) in [5.74, 6) is -2.15. The minimum Gasteiger partial charge on any atom is -0.477 e. The van der Waals surface area contributed by atoms with Crippen LogP contribution >= 0.6 is 0 Å². The molecule has 1 amide bonds. The summed E-state index contributed by atoms with van der Waals surface area (Å²) >= 11 is 0.